The minimum atomic E-state index is -0.0546. The fourth-order valence-electron chi connectivity index (χ4n) is 1.48. The fourth-order valence-corrected chi connectivity index (χ4v) is 1.80. The van der Waals surface area contributed by atoms with Crippen LogP contribution >= 0.6 is 22.6 Å². The van der Waals surface area contributed by atoms with Crippen LogP contribution in [0, 0.1) is 3.70 Å². The van der Waals surface area contributed by atoms with Gasteiger partial charge in [-0.1, -0.05) is 13.8 Å². The van der Waals surface area contributed by atoms with Crippen molar-refractivity contribution in [2.75, 3.05) is 26.2 Å². The summed E-state index contributed by atoms with van der Waals surface area (Å²) in [7, 11) is 0. The molecule has 17 heavy (non-hydrogen) atoms. The minimum absolute atomic E-state index is 0.0546. The molecule has 5 heteroatoms. The molecule has 0 aromatic carbocycles. The van der Waals surface area contributed by atoms with Gasteiger partial charge >= 0.3 is 0 Å². The number of hydrogen-bond acceptors (Lipinski definition) is 3. The highest BCUT2D eigenvalue weighted by Gasteiger charge is 2.05. The molecule has 1 amide bonds. The van der Waals surface area contributed by atoms with Crippen molar-refractivity contribution in [1.82, 2.24) is 15.2 Å². The molecule has 94 valence electrons. The summed E-state index contributed by atoms with van der Waals surface area (Å²) < 4.78 is 0.891. The predicted molar refractivity (Wildman–Crippen MR) is 77.1 cm³/mol. The zero-order chi connectivity index (χ0) is 12.7. The molecule has 0 radical (unpaired) electrons. The molecule has 0 aliphatic rings. The quantitative estimate of drug-likeness (QED) is 0.630. The molecule has 1 aromatic rings. The predicted octanol–water partition coefficient (Wildman–Crippen LogP) is 1.76. The summed E-state index contributed by atoms with van der Waals surface area (Å²) in [5.74, 6) is -0.0546. The Bertz CT molecular complexity index is 349. The van der Waals surface area contributed by atoms with Crippen LogP contribution in [-0.2, 0) is 0 Å². The third-order valence-electron chi connectivity index (χ3n) is 2.60. The van der Waals surface area contributed by atoms with Crippen LogP contribution in [0.3, 0.4) is 0 Å². The first-order chi connectivity index (χ1) is 8.17. The van der Waals surface area contributed by atoms with E-state index >= 15 is 0 Å². The summed E-state index contributed by atoms with van der Waals surface area (Å²) in [4.78, 5) is 18.1. The number of rotatable bonds is 6. The van der Waals surface area contributed by atoms with Gasteiger partial charge in [0.2, 0.25) is 0 Å². The second-order valence-electron chi connectivity index (χ2n) is 3.65. The van der Waals surface area contributed by atoms with Crippen molar-refractivity contribution in [2.24, 2.45) is 0 Å². The van der Waals surface area contributed by atoms with Crippen LogP contribution < -0.4 is 5.32 Å². The van der Waals surface area contributed by atoms with Crippen LogP contribution in [0.4, 0.5) is 0 Å². The van der Waals surface area contributed by atoms with Crippen LogP contribution in [0.2, 0.25) is 0 Å². The number of likely N-dealkylation sites (N-methyl/N-ethyl adjacent to an activating group) is 1. The Balaban J connectivity index is 2.37. The Morgan fingerprint density at radius 3 is 2.65 bits per heavy atom. The molecule has 1 heterocycles. The molecule has 0 fully saturated rings. The lowest BCUT2D eigenvalue weighted by Gasteiger charge is -2.17. The molecule has 0 saturated carbocycles. The van der Waals surface area contributed by atoms with Gasteiger partial charge in [0, 0.05) is 19.3 Å². The highest BCUT2D eigenvalue weighted by atomic mass is 127. The highest BCUT2D eigenvalue weighted by Crippen LogP contribution is 2.02. The van der Waals surface area contributed by atoms with Gasteiger partial charge in [-0.15, -0.1) is 0 Å². The van der Waals surface area contributed by atoms with Crippen molar-refractivity contribution in [2.45, 2.75) is 13.8 Å². The molecule has 0 bridgehead atoms. The zero-order valence-corrected chi connectivity index (χ0v) is 12.4. The Morgan fingerprint density at radius 1 is 1.41 bits per heavy atom. The summed E-state index contributed by atoms with van der Waals surface area (Å²) in [5.41, 5.74) is 0.616. The average Bonchev–Trinajstić information content (AvgIpc) is 2.35. The largest absolute Gasteiger partial charge is 0.351 e. The molecule has 0 saturated heterocycles. The van der Waals surface area contributed by atoms with E-state index in [2.05, 4.69) is 51.6 Å². The van der Waals surface area contributed by atoms with Gasteiger partial charge in [-0.25, -0.2) is 4.98 Å². The van der Waals surface area contributed by atoms with Gasteiger partial charge in [-0.05, 0) is 47.8 Å². The van der Waals surface area contributed by atoms with E-state index in [0.29, 0.717) is 12.1 Å². The van der Waals surface area contributed by atoms with E-state index in [4.69, 9.17) is 0 Å². The maximum Gasteiger partial charge on any atom is 0.252 e. The lowest BCUT2D eigenvalue weighted by Crippen LogP contribution is -2.34. The number of nitrogens with one attached hydrogen (secondary N) is 1. The van der Waals surface area contributed by atoms with Gasteiger partial charge in [0.1, 0.15) is 3.70 Å². The number of pyridine rings is 1. The van der Waals surface area contributed by atoms with E-state index in [1.165, 1.54) is 0 Å². The number of halogens is 1. The molecular formula is C12H18IN3O. The topological polar surface area (TPSA) is 45.2 Å². The van der Waals surface area contributed by atoms with Crippen LogP contribution in [0.1, 0.15) is 24.2 Å². The number of carbonyl (C=O) groups excluding carboxylic acids is 1. The molecule has 0 unspecified atom stereocenters. The average molecular weight is 347 g/mol. The Morgan fingerprint density at radius 2 is 2.12 bits per heavy atom. The third kappa shape index (κ3) is 4.99. The maximum atomic E-state index is 11.7. The molecule has 4 nitrogen and oxygen atoms in total. The van der Waals surface area contributed by atoms with E-state index < -0.39 is 0 Å². The Labute approximate surface area is 116 Å². The second kappa shape index (κ2) is 7.60. The monoisotopic (exact) mass is 347 g/mol. The Kier molecular flexibility index (Phi) is 6.43. The molecule has 0 aliphatic heterocycles. The SMILES string of the molecule is CCN(CC)CCNC(=O)c1ccc(I)nc1. The van der Waals surface area contributed by atoms with Gasteiger partial charge in [0.15, 0.2) is 0 Å². The summed E-state index contributed by atoms with van der Waals surface area (Å²) in [5, 5.41) is 2.89. The molecule has 0 spiro atoms. The molecule has 1 rings (SSSR count). The van der Waals surface area contributed by atoms with Gasteiger partial charge in [0.05, 0.1) is 5.56 Å². The van der Waals surface area contributed by atoms with Crippen molar-refractivity contribution in [3.63, 3.8) is 0 Å². The number of carbonyl (C=O) groups is 1. The van der Waals surface area contributed by atoms with Crippen molar-refractivity contribution in [1.29, 1.82) is 0 Å². The van der Waals surface area contributed by atoms with Crippen LogP contribution in [0.15, 0.2) is 18.3 Å². The van der Waals surface area contributed by atoms with Crippen molar-refractivity contribution < 1.29 is 4.79 Å². The molecule has 0 aliphatic carbocycles. The standard InChI is InChI=1S/C12H18IN3O/c1-3-16(4-2)8-7-14-12(17)10-5-6-11(13)15-9-10/h5-6,9H,3-4,7-8H2,1-2H3,(H,14,17). The van der Waals surface area contributed by atoms with E-state index in [9.17, 15) is 4.79 Å². The van der Waals surface area contributed by atoms with Gasteiger partial charge in [-0.3, -0.25) is 4.79 Å². The molecule has 0 atom stereocenters. The number of hydrogen-bond donors (Lipinski definition) is 1. The maximum absolute atomic E-state index is 11.7. The normalized spacial score (nSPS) is 10.6. The van der Waals surface area contributed by atoms with Crippen LogP contribution in [0.25, 0.3) is 0 Å². The number of nitrogens with zero attached hydrogens (tertiary/aromatic N) is 2. The first kappa shape index (κ1) is 14.4. The number of aromatic nitrogens is 1. The second-order valence-corrected chi connectivity index (χ2v) is 4.76. The Hall–Kier alpha value is -0.690. The first-order valence-electron chi connectivity index (χ1n) is 5.79. The van der Waals surface area contributed by atoms with Crippen molar-refractivity contribution in [3.05, 3.63) is 27.6 Å². The van der Waals surface area contributed by atoms with E-state index in [0.717, 1.165) is 23.3 Å². The summed E-state index contributed by atoms with van der Waals surface area (Å²) in [6, 6.07) is 3.63. The summed E-state index contributed by atoms with van der Waals surface area (Å²) >= 11 is 2.12. The summed E-state index contributed by atoms with van der Waals surface area (Å²) in [6.07, 6.45) is 1.61. The van der Waals surface area contributed by atoms with E-state index in [-0.39, 0.29) is 5.91 Å². The van der Waals surface area contributed by atoms with E-state index in [1.54, 1.807) is 12.3 Å². The van der Waals surface area contributed by atoms with Gasteiger partial charge < -0.3 is 10.2 Å². The zero-order valence-electron chi connectivity index (χ0n) is 10.2. The molecule has 1 aromatic heterocycles. The number of amides is 1. The summed E-state index contributed by atoms with van der Waals surface area (Å²) in [6.45, 7) is 7.82. The van der Waals surface area contributed by atoms with Gasteiger partial charge in [0.25, 0.3) is 5.91 Å². The fraction of sp³-hybridized carbons (Fsp3) is 0.500. The molecular weight excluding hydrogens is 329 g/mol. The minimum Gasteiger partial charge on any atom is -0.351 e. The molecule has 1 N–H and O–H groups in total. The lowest BCUT2D eigenvalue weighted by atomic mass is 10.3. The first-order valence-corrected chi connectivity index (χ1v) is 6.87. The van der Waals surface area contributed by atoms with Crippen LogP contribution in [0.5, 0.6) is 0 Å². The smallest absolute Gasteiger partial charge is 0.252 e. The lowest BCUT2D eigenvalue weighted by molar-refractivity contribution is 0.0948. The van der Waals surface area contributed by atoms with Crippen LogP contribution in [-0.4, -0.2) is 42.0 Å². The highest BCUT2D eigenvalue weighted by molar-refractivity contribution is 14.1. The third-order valence-corrected chi connectivity index (χ3v) is 3.24. The van der Waals surface area contributed by atoms with E-state index in [1.807, 2.05) is 6.07 Å². The van der Waals surface area contributed by atoms with Gasteiger partial charge in [-0.2, -0.15) is 0 Å². The van der Waals surface area contributed by atoms with Crippen molar-refractivity contribution in [3.8, 4) is 0 Å². The van der Waals surface area contributed by atoms with Crippen molar-refractivity contribution >= 4 is 28.5 Å².